The Hall–Kier alpha value is -2.35. The highest BCUT2D eigenvalue weighted by atomic mass is 16.3. The monoisotopic (exact) mass is 360 g/mol. The molecule has 2 unspecified atom stereocenters. The zero-order valence-corrected chi connectivity index (χ0v) is 16.3. The molecule has 0 radical (unpaired) electrons. The van der Waals surface area contributed by atoms with Crippen LogP contribution in [-0.2, 0) is 11.2 Å². The summed E-state index contributed by atoms with van der Waals surface area (Å²) in [5.74, 6) is 1.89. The minimum absolute atomic E-state index is 0.0978. The highest BCUT2D eigenvalue weighted by molar-refractivity contribution is 5.87. The summed E-state index contributed by atoms with van der Waals surface area (Å²) in [5.41, 5.74) is 6.59. The second-order valence-electron chi connectivity index (χ2n) is 7.82. The number of carbonyl (C=O) groups excluding carboxylic acids is 1. The van der Waals surface area contributed by atoms with Gasteiger partial charge in [-0.1, -0.05) is 48.9 Å². The molecule has 0 N–H and O–H groups in total. The van der Waals surface area contributed by atoms with Crippen LogP contribution in [0.3, 0.4) is 0 Å². The summed E-state index contributed by atoms with van der Waals surface area (Å²) < 4.78 is 5.50. The Balaban J connectivity index is 1.43. The molecule has 4 rings (SSSR count). The molecule has 2 nitrogen and oxygen atoms in total. The van der Waals surface area contributed by atoms with E-state index in [2.05, 4.69) is 49.4 Å². The molecule has 1 aromatic carbocycles. The Labute approximate surface area is 162 Å². The number of Topliss-reactive ketones (excluding diaryl/α,β-unsaturated/α-hetero) is 1. The van der Waals surface area contributed by atoms with Crippen molar-refractivity contribution in [2.45, 2.75) is 58.3 Å². The van der Waals surface area contributed by atoms with Crippen LogP contribution >= 0.6 is 0 Å². The third kappa shape index (κ3) is 3.45. The van der Waals surface area contributed by atoms with Gasteiger partial charge in [-0.05, 0) is 61.8 Å². The average Bonchev–Trinajstić information content (AvgIpc) is 3.30. The summed E-state index contributed by atoms with van der Waals surface area (Å²) in [6, 6.07) is 10.6. The molecule has 2 aliphatic rings. The summed E-state index contributed by atoms with van der Waals surface area (Å²) in [6.07, 6.45) is 12.0. The van der Waals surface area contributed by atoms with Gasteiger partial charge in [0.05, 0.1) is 6.26 Å². The van der Waals surface area contributed by atoms with E-state index in [0.717, 1.165) is 37.9 Å². The van der Waals surface area contributed by atoms with Crippen molar-refractivity contribution in [3.05, 3.63) is 76.8 Å². The van der Waals surface area contributed by atoms with Crippen LogP contribution in [0.2, 0.25) is 0 Å². The molecule has 0 aliphatic heterocycles. The smallest absolute Gasteiger partial charge is 0.140 e. The van der Waals surface area contributed by atoms with Gasteiger partial charge in [0.2, 0.25) is 0 Å². The van der Waals surface area contributed by atoms with E-state index >= 15 is 0 Å². The number of carbonyl (C=O) groups is 1. The molecule has 1 aromatic heterocycles. The number of rotatable bonds is 6. The van der Waals surface area contributed by atoms with Crippen LogP contribution in [0.25, 0.3) is 5.57 Å². The lowest BCUT2D eigenvalue weighted by Crippen LogP contribution is -2.19. The van der Waals surface area contributed by atoms with E-state index in [9.17, 15) is 4.79 Å². The Morgan fingerprint density at radius 3 is 2.81 bits per heavy atom. The highest BCUT2D eigenvalue weighted by Gasteiger charge is 2.28. The molecule has 2 heteroatoms. The molecule has 0 spiro atoms. The van der Waals surface area contributed by atoms with Crippen molar-refractivity contribution in [2.75, 3.05) is 0 Å². The second kappa shape index (κ2) is 7.72. The van der Waals surface area contributed by atoms with Crippen molar-refractivity contribution >= 4 is 11.4 Å². The van der Waals surface area contributed by atoms with Crippen molar-refractivity contribution in [3.8, 4) is 0 Å². The van der Waals surface area contributed by atoms with Gasteiger partial charge in [0.1, 0.15) is 11.5 Å². The van der Waals surface area contributed by atoms with E-state index in [1.807, 2.05) is 6.92 Å². The first-order valence-corrected chi connectivity index (χ1v) is 10.2. The number of hydrogen-bond acceptors (Lipinski definition) is 2. The number of fused-ring (bicyclic) bond motifs is 1. The predicted molar refractivity (Wildman–Crippen MR) is 110 cm³/mol. The van der Waals surface area contributed by atoms with E-state index < -0.39 is 0 Å². The minimum Gasteiger partial charge on any atom is -0.469 e. The summed E-state index contributed by atoms with van der Waals surface area (Å²) in [7, 11) is 0. The second-order valence-corrected chi connectivity index (χ2v) is 7.82. The highest BCUT2D eigenvalue weighted by Crippen LogP contribution is 2.41. The Kier molecular flexibility index (Phi) is 5.15. The fourth-order valence-corrected chi connectivity index (χ4v) is 4.86. The minimum atomic E-state index is 0.0978. The van der Waals surface area contributed by atoms with Crippen molar-refractivity contribution in [2.24, 2.45) is 5.92 Å². The molecular formula is C25H28O2. The van der Waals surface area contributed by atoms with Crippen molar-refractivity contribution in [1.82, 2.24) is 0 Å². The van der Waals surface area contributed by atoms with Crippen molar-refractivity contribution in [1.29, 1.82) is 0 Å². The SMILES string of the molecule is CCC1C(CCC(=O)C2CCCc3ccccc32)=CC=C1c1ccoc1C. The first-order valence-electron chi connectivity index (χ1n) is 10.2. The molecular weight excluding hydrogens is 332 g/mol. The quantitative estimate of drug-likeness (QED) is 0.596. The maximum absolute atomic E-state index is 13.0. The van der Waals surface area contributed by atoms with Crippen LogP contribution < -0.4 is 0 Å². The molecule has 2 aliphatic carbocycles. The maximum Gasteiger partial charge on any atom is 0.140 e. The van der Waals surface area contributed by atoms with Gasteiger partial charge in [-0.25, -0.2) is 0 Å². The molecule has 2 aromatic rings. The van der Waals surface area contributed by atoms with Gasteiger partial charge in [-0.15, -0.1) is 0 Å². The van der Waals surface area contributed by atoms with Crippen LogP contribution in [0, 0.1) is 12.8 Å². The van der Waals surface area contributed by atoms with Gasteiger partial charge in [0.25, 0.3) is 0 Å². The van der Waals surface area contributed by atoms with E-state index in [1.54, 1.807) is 6.26 Å². The Morgan fingerprint density at radius 1 is 1.19 bits per heavy atom. The molecule has 0 bridgehead atoms. The van der Waals surface area contributed by atoms with Crippen LogP contribution in [0.1, 0.15) is 67.4 Å². The normalized spacial score (nSPS) is 21.6. The average molecular weight is 360 g/mol. The van der Waals surface area contributed by atoms with Crippen LogP contribution in [0.4, 0.5) is 0 Å². The first kappa shape index (κ1) is 18.0. The van der Waals surface area contributed by atoms with E-state index in [1.165, 1.54) is 27.8 Å². The fourth-order valence-electron chi connectivity index (χ4n) is 4.86. The third-order valence-corrected chi connectivity index (χ3v) is 6.30. The van der Waals surface area contributed by atoms with E-state index in [0.29, 0.717) is 18.1 Å². The maximum atomic E-state index is 13.0. The van der Waals surface area contributed by atoms with Gasteiger partial charge < -0.3 is 4.42 Å². The number of furan rings is 1. The predicted octanol–water partition coefficient (Wildman–Crippen LogP) is 6.41. The molecule has 0 amide bonds. The number of allylic oxidation sites excluding steroid dienone is 4. The van der Waals surface area contributed by atoms with Gasteiger partial charge >= 0.3 is 0 Å². The lowest BCUT2D eigenvalue weighted by Gasteiger charge is -2.25. The summed E-state index contributed by atoms with van der Waals surface area (Å²) in [5, 5.41) is 0. The third-order valence-electron chi connectivity index (χ3n) is 6.30. The van der Waals surface area contributed by atoms with Gasteiger partial charge in [0.15, 0.2) is 0 Å². The largest absolute Gasteiger partial charge is 0.469 e. The Bertz CT molecular complexity index is 897. The van der Waals surface area contributed by atoms with Crippen LogP contribution in [0.5, 0.6) is 0 Å². The number of aryl methyl sites for hydroxylation is 2. The van der Waals surface area contributed by atoms with Crippen LogP contribution in [0.15, 0.2) is 58.7 Å². The molecule has 0 saturated heterocycles. The first-order chi connectivity index (χ1) is 13.2. The molecule has 27 heavy (non-hydrogen) atoms. The topological polar surface area (TPSA) is 30.2 Å². The summed E-state index contributed by atoms with van der Waals surface area (Å²) in [4.78, 5) is 13.0. The number of ketones is 1. The van der Waals surface area contributed by atoms with Gasteiger partial charge in [-0.3, -0.25) is 4.79 Å². The van der Waals surface area contributed by atoms with Gasteiger partial charge in [0, 0.05) is 23.8 Å². The van der Waals surface area contributed by atoms with Gasteiger partial charge in [-0.2, -0.15) is 0 Å². The van der Waals surface area contributed by atoms with Crippen molar-refractivity contribution < 1.29 is 9.21 Å². The zero-order chi connectivity index (χ0) is 18.8. The standard InChI is InChI=1S/C25H28O2/c1-3-20-19(11-13-23(20)21-15-16-27-17(21)2)12-14-25(26)24-10-6-8-18-7-4-5-9-22(18)24/h4-5,7,9,11,13,15-16,20,24H,3,6,8,10,12,14H2,1-2H3. The number of hydrogen-bond donors (Lipinski definition) is 0. The zero-order valence-electron chi connectivity index (χ0n) is 16.3. The molecule has 0 saturated carbocycles. The Morgan fingerprint density at radius 2 is 2.04 bits per heavy atom. The molecule has 2 atom stereocenters. The molecule has 0 fully saturated rings. The molecule has 1 heterocycles. The molecule has 140 valence electrons. The lowest BCUT2D eigenvalue weighted by atomic mass is 9.78. The van der Waals surface area contributed by atoms with Crippen molar-refractivity contribution in [3.63, 3.8) is 0 Å². The van der Waals surface area contributed by atoms with Crippen LogP contribution in [-0.4, -0.2) is 5.78 Å². The summed E-state index contributed by atoms with van der Waals surface area (Å²) in [6.45, 7) is 4.25. The fraction of sp³-hybridized carbons (Fsp3) is 0.400. The van der Waals surface area contributed by atoms with E-state index in [-0.39, 0.29) is 5.92 Å². The lowest BCUT2D eigenvalue weighted by molar-refractivity contribution is -0.120. The summed E-state index contributed by atoms with van der Waals surface area (Å²) >= 11 is 0. The van der Waals surface area contributed by atoms with E-state index in [4.69, 9.17) is 4.42 Å². The number of benzene rings is 1.